The minimum absolute atomic E-state index is 0.467. The molecule has 0 unspecified atom stereocenters. The summed E-state index contributed by atoms with van der Waals surface area (Å²) in [5.74, 6) is 0.713. The zero-order chi connectivity index (χ0) is 32.4. The van der Waals surface area contributed by atoms with E-state index in [1.54, 1.807) is 0 Å². The Morgan fingerprint density at radius 1 is 0.306 bits per heavy atom. The van der Waals surface area contributed by atoms with Crippen LogP contribution in [0.15, 0.2) is 182 Å². The van der Waals surface area contributed by atoms with Gasteiger partial charge in [0.05, 0.1) is 16.8 Å². The third-order valence-electron chi connectivity index (χ3n) is 10.3. The van der Waals surface area contributed by atoms with Gasteiger partial charge in [0.2, 0.25) is 0 Å². The Hall–Kier alpha value is -6.38. The molecule has 1 spiro atoms. The molecular formula is C47H30N2. The van der Waals surface area contributed by atoms with Gasteiger partial charge in [0.1, 0.15) is 0 Å². The molecule has 2 heteroatoms. The fourth-order valence-electron chi connectivity index (χ4n) is 8.28. The number of rotatable bonds is 4. The van der Waals surface area contributed by atoms with Crippen LogP contribution in [0.2, 0.25) is 0 Å². The van der Waals surface area contributed by atoms with Gasteiger partial charge in [-0.2, -0.15) is 0 Å². The Labute approximate surface area is 286 Å². The maximum atomic E-state index is 5.40. The fourth-order valence-corrected chi connectivity index (χ4v) is 8.28. The van der Waals surface area contributed by atoms with Crippen molar-refractivity contribution in [3.8, 4) is 67.3 Å². The monoisotopic (exact) mass is 622 g/mol. The van der Waals surface area contributed by atoms with Gasteiger partial charge in [-0.15, -0.1) is 0 Å². The molecule has 7 aromatic carbocycles. The lowest BCUT2D eigenvalue weighted by Crippen LogP contribution is -2.26. The van der Waals surface area contributed by atoms with Crippen molar-refractivity contribution < 1.29 is 0 Å². The van der Waals surface area contributed by atoms with Gasteiger partial charge >= 0.3 is 0 Å². The third-order valence-corrected chi connectivity index (χ3v) is 10.3. The molecule has 1 aromatic heterocycles. The summed E-state index contributed by atoms with van der Waals surface area (Å²) in [4.78, 5) is 10.6. The predicted molar refractivity (Wildman–Crippen MR) is 200 cm³/mol. The van der Waals surface area contributed by atoms with Crippen LogP contribution in [0.25, 0.3) is 67.3 Å². The second-order valence-corrected chi connectivity index (χ2v) is 12.9. The van der Waals surface area contributed by atoms with Crippen LogP contribution in [0.4, 0.5) is 0 Å². The van der Waals surface area contributed by atoms with Crippen molar-refractivity contribution in [2.45, 2.75) is 5.41 Å². The Bertz CT molecular complexity index is 2470. The molecule has 0 saturated heterocycles. The highest BCUT2D eigenvalue weighted by Crippen LogP contribution is 2.64. The van der Waals surface area contributed by atoms with E-state index in [1.165, 1.54) is 55.6 Å². The standard InChI is InChI=1S/C47H30N2/c1-3-14-31(15-4-1)32-26-28-34(29-27-32)46-48-43(33-16-5-2-6-17-33)30-44(49-46)39-22-13-21-38-37-20-9-12-25-42(37)47(45(38)39)40-23-10-7-18-35(40)36-19-8-11-24-41(36)47/h1-30H. The molecule has 2 aliphatic rings. The van der Waals surface area contributed by atoms with Crippen molar-refractivity contribution in [1.82, 2.24) is 9.97 Å². The van der Waals surface area contributed by atoms with Gasteiger partial charge in [-0.1, -0.05) is 176 Å². The fraction of sp³-hybridized carbons (Fsp3) is 0.0213. The molecule has 0 bridgehead atoms. The van der Waals surface area contributed by atoms with Crippen LogP contribution in [0, 0.1) is 0 Å². The molecule has 2 nitrogen and oxygen atoms in total. The van der Waals surface area contributed by atoms with Crippen molar-refractivity contribution in [3.05, 3.63) is 204 Å². The molecule has 1 heterocycles. The van der Waals surface area contributed by atoms with Crippen molar-refractivity contribution >= 4 is 0 Å². The highest BCUT2D eigenvalue weighted by atomic mass is 14.9. The average molecular weight is 623 g/mol. The average Bonchev–Trinajstić information content (AvgIpc) is 3.66. The summed E-state index contributed by atoms with van der Waals surface area (Å²) >= 11 is 0. The van der Waals surface area contributed by atoms with Crippen molar-refractivity contribution in [2.24, 2.45) is 0 Å². The molecule has 0 N–H and O–H groups in total. The second-order valence-electron chi connectivity index (χ2n) is 12.9. The molecule has 49 heavy (non-hydrogen) atoms. The number of hydrogen-bond donors (Lipinski definition) is 0. The van der Waals surface area contributed by atoms with E-state index < -0.39 is 5.41 Å². The number of aromatic nitrogens is 2. The van der Waals surface area contributed by atoms with Crippen LogP contribution in [-0.2, 0) is 5.41 Å². The minimum atomic E-state index is -0.467. The van der Waals surface area contributed by atoms with E-state index in [0.717, 1.165) is 28.1 Å². The van der Waals surface area contributed by atoms with E-state index in [9.17, 15) is 0 Å². The molecule has 0 atom stereocenters. The Kier molecular flexibility index (Phi) is 6.13. The summed E-state index contributed by atoms with van der Waals surface area (Å²) < 4.78 is 0. The largest absolute Gasteiger partial charge is 0.228 e. The van der Waals surface area contributed by atoms with Crippen molar-refractivity contribution in [3.63, 3.8) is 0 Å². The maximum absolute atomic E-state index is 5.40. The summed E-state index contributed by atoms with van der Waals surface area (Å²) in [6.07, 6.45) is 0. The Morgan fingerprint density at radius 2 is 0.735 bits per heavy atom. The van der Waals surface area contributed by atoms with Crippen LogP contribution >= 0.6 is 0 Å². The molecule has 0 radical (unpaired) electrons. The molecule has 10 rings (SSSR count). The quantitative estimate of drug-likeness (QED) is 0.195. The van der Waals surface area contributed by atoms with E-state index in [2.05, 4.69) is 176 Å². The van der Waals surface area contributed by atoms with E-state index in [0.29, 0.717) is 5.82 Å². The van der Waals surface area contributed by atoms with Crippen LogP contribution in [-0.4, -0.2) is 9.97 Å². The van der Waals surface area contributed by atoms with Crippen LogP contribution < -0.4 is 0 Å². The van der Waals surface area contributed by atoms with Crippen LogP contribution in [0.5, 0.6) is 0 Å². The highest BCUT2D eigenvalue weighted by Gasteiger charge is 2.52. The Morgan fingerprint density at radius 3 is 1.35 bits per heavy atom. The van der Waals surface area contributed by atoms with E-state index >= 15 is 0 Å². The third kappa shape index (κ3) is 4.07. The first-order valence-corrected chi connectivity index (χ1v) is 16.8. The molecule has 0 amide bonds. The SMILES string of the molecule is c1ccc(-c2ccc(-c3nc(-c4ccccc4)cc(-c4cccc5c4C4(c6ccccc6-c6ccccc64)c4ccccc4-5)n3)cc2)cc1. The first-order chi connectivity index (χ1) is 24.3. The van der Waals surface area contributed by atoms with E-state index in [-0.39, 0.29) is 0 Å². The lowest BCUT2D eigenvalue weighted by atomic mass is 9.69. The molecular weight excluding hydrogens is 593 g/mol. The topological polar surface area (TPSA) is 25.8 Å². The summed E-state index contributed by atoms with van der Waals surface area (Å²) in [6, 6.07) is 65.3. The van der Waals surface area contributed by atoms with E-state index in [4.69, 9.17) is 9.97 Å². The highest BCUT2D eigenvalue weighted by molar-refractivity contribution is 5.98. The van der Waals surface area contributed by atoms with Gasteiger partial charge < -0.3 is 0 Å². The predicted octanol–water partition coefficient (Wildman–Crippen LogP) is 11.5. The van der Waals surface area contributed by atoms with Gasteiger partial charge in [0.25, 0.3) is 0 Å². The minimum Gasteiger partial charge on any atom is -0.228 e. The van der Waals surface area contributed by atoms with Crippen LogP contribution in [0.1, 0.15) is 22.3 Å². The summed E-state index contributed by atoms with van der Waals surface area (Å²) in [5.41, 5.74) is 17.3. The summed E-state index contributed by atoms with van der Waals surface area (Å²) in [6.45, 7) is 0. The molecule has 228 valence electrons. The van der Waals surface area contributed by atoms with Gasteiger partial charge in [0, 0.05) is 16.7 Å². The smallest absolute Gasteiger partial charge is 0.160 e. The lowest BCUT2D eigenvalue weighted by molar-refractivity contribution is 0.795. The van der Waals surface area contributed by atoms with E-state index in [1.807, 2.05) is 6.07 Å². The van der Waals surface area contributed by atoms with Gasteiger partial charge in [-0.05, 0) is 61.7 Å². The zero-order valence-electron chi connectivity index (χ0n) is 26.7. The first-order valence-electron chi connectivity index (χ1n) is 16.8. The molecule has 0 fully saturated rings. The second kappa shape index (κ2) is 10.8. The maximum Gasteiger partial charge on any atom is 0.160 e. The van der Waals surface area contributed by atoms with Gasteiger partial charge in [0.15, 0.2) is 5.82 Å². The molecule has 2 aliphatic carbocycles. The molecule has 0 saturated carbocycles. The van der Waals surface area contributed by atoms with Crippen molar-refractivity contribution in [1.29, 1.82) is 0 Å². The summed E-state index contributed by atoms with van der Waals surface area (Å²) in [5, 5.41) is 0. The first kappa shape index (κ1) is 27.7. The van der Waals surface area contributed by atoms with Crippen molar-refractivity contribution in [2.75, 3.05) is 0 Å². The normalized spacial score (nSPS) is 13.1. The van der Waals surface area contributed by atoms with Crippen LogP contribution in [0.3, 0.4) is 0 Å². The Balaban J connectivity index is 1.24. The van der Waals surface area contributed by atoms with Gasteiger partial charge in [-0.25, -0.2) is 9.97 Å². The zero-order valence-corrected chi connectivity index (χ0v) is 26.7. The van der Waals surface area contributed by atoms with Gasteiger partial charge in [-0.3, -0.25) is 0 Å². The number of hydrogen-bond acceptors (Lipinski definition) is 2. The molecule has 8 aromatic rings. The lowest BCUT2D eigenvalue weighted by Gasteiger charge is -2.32. The summed E-state index contributed by atoms with van der Waals surface area (Å²) in [7, 11) is 0. The number of nitrogens with zero attached hydrogens (tertiary/aromatic N) is 2. The number of fused-ring (bicyclic) bond motifs is 10. The molecule has 0 aliphatic heterocycles. The number of benzene rings is 7.